The van der Waals surface area contributed by atoms with Gasteiger partial charge < -0.3 is 9.47 Å². The Morgan fingerprint density at radius 1 is 1.04 bits per heavy atom. The van der Waals surface area contributed by atoms with E-state index in [2.05, 4.69) is 61.3 Å². The minimum atomic E-state index is -4.27. The molecular formula is C38H47F3N8O2S. The van der Waals surface area contributed by atoms with Crippen molar-refractivity contribution in [2.75, 3.05) is 56.5 Å². The first kappa shape index (κ1) is 36.6. The molecule has 3 saturated heterocycles. The zero-order valence-corrected chi connectivity index (χ0v) is 31.1. The molecule has 278 valence electrons. The summed E-state index contributed by atoms with van der Waals surface area (Å²) in [5, 5.41) is 11.9. The Labute approximate surface area is 303 Å². The maximum absolute atomic E-state index is 13.1. The summed E-state index contributed by atoms with van der Waals surface area (Å²) in [6, 6.07) is 13.5. The summed E-state index contributed by atoms with van der Waals surface area (Å²) >= 11 is 0. The van der Waals surface area contributed by atoms with E-state index in [1.54, 1.807) is 23.4 Å². The van der Waals surface area contributed by atoms with Crippen LogP contribution in [-0.2, 0) is 29.5 Å². The third kappa shape index (κ3) is 7.12. The monoisotopic (exact) mass is 736 g/mol. The van der Waals surface area contributed by atoms with Gasteiger partial charge in [0.2, 0.25) is 10.0 Å². The summed E-state index contributed by atoms with van der Waals surface area (Å²) in [6.07, 6.45) is -1.67. The van der Waals surface area contributed by atoms with Gasteiger partial charge in [-0.2, -0.15) is 22.7 Å². The van der Waals surface area contributed by atoms with Crippen LogP contribution < -0.4 is 4.90 Å². The topological polar surface area (TPSA) is 102 Å². The number of alkyl halides is 3. The molecule has 2 atom stereocenters. The van der Waals surface area contributed by atoms with Gasteiger partial charge in [0.1, 0.15) is 23.9 Å². The maximum Gasteiger partial charge on any atom is 0.393 e. The van der Waals surface area contributed by atoms with E-state index in [9.17, 15) is 26.9 Å². The van der Waals surface area contributed by atoms with Crippen molar-refractivity contribution < 1.29 is 21.6 Å². The summed E-state index contributed by atoms with van der Waals surface area (Å²) in [6.45, 7) is 14.8. The number of likely N-dealkylation sites (tertiary alicyclic amines) is 1. The van der Waals surface area contributed by atoms with E-state index in [-0.39, 0.29) is 28.8 Å². The zero-order valence-electron chi connectivity index (χ0n) is 30.3. The highest BCUT2D eigenvalue weighted by atomic mass is 32.2. The van der Waals surface area contributed by atoms with Gasteiger partial charge >= 0.3 is 6.18 Å². The Bertz CT molecular complexity index is 2110. The molecule has 0 amide bonds. The van der Waals surface area contributed by atoms with Crippen LogP contribution >= 0.6 is 0 Å². The first-order valence-corrected chi connectivity index (χ1v) is 19.8. The van der Waals surface area contributed by atoms with Crippen molar-refractivity contribution in [1.29, 1.82) is 5.26 Å². The molecule has 3 aliphatic heterocycles. The molecule has 10 nitrogen and oxygen atoms in total. The molecule has 1 unspecified atom stereocenters. The van der Waals surface area contributed by atoms with E-state index in [0.717, 1.165) is 56.5 Å². The van der Waals surface area contributed by atoms with E-state index in [1.165, 1.54) is 23.5 Å². The number of halogens is 3. The fourth-order valence-corrected chi connectivity index (χ4v) is 9.96. The number of piperidine rings is 1. The highest BCUT2D eigenvalue weighted by molar-refractivity contribution is 7.89. The molecule has 3 fully saturated rings. The van der Waals surface area contributed by atoms with Crippen LogP contribution in [0, 0.1) is 23.7 Å². The van der Waals surface area contributed by atoms with Crippen LogP contribution in [0.5, 0.6) is 0 Å². The Hall–Kier alpha value is -3.77. The number of benzene rings is 2. The highest BCUT2D eigenvalue weighted by Gasteiger charge is 2.46. The molecule has 7 rings (SSSR count). The molecule has 0 radical (unpaired) electrons. The predicted molar refractivity (Wildman–Crippen MR) is 197 cm³/mol. The highest BCUT2D eigenvalue weighted by Crippen LogP contribution is 2.44. The van der Waals surface area contributed by atoms with Gasteiger partial charge in [0.05, 0.1) is 17.7 Å². The minimum Gasteiger partial charge on any atom is -0.355 e. The molecule has 4 aromatic rings. The molecule has 0 saturated carbocycles. The lowest BCUT2D eigenvalue weighted by Crippen LogP contribution is -2.60. The number of rotatable bonds is 9. The van der Waals surface area contributed by atoms with E-state index in [1.807, 2.05) is 13.0 Å². The van der Waals surface area contributed by atoms with E-state index in [4.69, 9.17) is 0 Å². The van der Waals surface area contributed by atoms with Gasteiger partial charge in [-0.25, -0.2) is 18.4 Å². The number of aromatic nitrogens is 3. The van der Waals surface area contributed by atoms with Crippen LogP contribution in [0.15, 0.2) is 42.7 Å². The fourth-order valence-electron chi connectivity index (χ4n) is 8.65. The average molecular weight is 737 g/mol. The molecule has 0 aliphatic carbocycles. The number of aryl methyl sites for hydroxylation is 1. The van der Waals surface area contributed by atoms with Gasteiger partial charge in [0.15, 0.2) is 0 Å². The van der Waals surface area contributed by atoms with Crippen molar-refractivity contribution in [3.8, 4) is 6.07 Å². The Morgan fingerprint density at radius 3 is 2.46 bits per heavy atom. The van der Waals surface area contributed by atoms with Gasteiger partial charge in [-0.05, 0) is 94.6 Å². The molecule has 52 heavy (non-hydrogen) atoms. The molecule has 2 aromatic heterocycles. The van der Waals surface area contributed by atoms with Crippen molar-refractivity contribution in [1.82, 2.24) is 28.6 Å². The van der Waals surface area contributed by atoms with Gasteiger partial charge in [-0.15, -0.1) is 0 Å². The molecular weight excluding hydrogens is 690 g/mol. The molecule has 14 heteroatoms. The SMILES string of the molecule is CCS(=O)(=O)N1CCN([C@@H](C)Cn2c(C#N)cc3c(C)c(CN4CCC5(CC4)CN(c4ncnc6ccc(CC(F)(F)F)cc46)C5)ccc32)CC1C. The molecule has 2 aromatic carbocycles. The van der Waals surface area contributed by atoms with E-state index >= 15 is 0 Å². The summed E-state index contributed by atoms with van der Waals surface area (Å²) in [4.78, 5) is 15.8. The van der Waals surface area contributed by atoms with Crippen LogP contribution in [0.2, 0.25) is 0 Å². The third-order valence-electron chi connectivity index (χ3n) is 11.7. The molecule has 0 N–H and O–H groups in total. The fraction of sp³-hybridized carbons (Fsp3) is 0.553. The smallest absolute Gasteiger partial charge is 0.355 e. The van der Waals surface area contributed by atoms with Crippen molar-refractivity contribution in [2.24, 2.45) is 5.41 Å². The first-order chi connectivity index (χ1) is 24.7. The van der Waals surface area contributed by atoms with Gasteiger partial charge in [-0.1, -0.05) is 12.1 Å². The summed E-state index contributed by atoms with van der Waals surface area (Å²) in [7, 11) is -3.24. The van der Waals surface area contributed by atoms with Crippen molar-refractivity contribution in [3.63, 3.8) is 0 Å². The Morgan fingerprint density at radius 2 is 1.79 bits per heavy atom. The minimum absolute atomic E-state index is 0.0995. The second-order valence-electron chi connectivity index (χ2n) is 15.2. The summed E-state index contributed by atoms with van der Waals surface area (Å²) < 4.78 is 68.1. The van der Waals surface area contributed by atoms with Crippen LogP contribution in [0.25, 0.3) is 21.8 Å². The number of fused-ring (bicyclic) bond motifs is 2. The van der Waals surface area contributed by atoms with Gasteiger partial charge in [0.25, 0.3) is 0 Å². The lowest BCUT2D eigenvalue weighted by molar-refractivity contribution is -0.127. The van der Waals surface area contributed by atoms with Gasteiger partial charge in [0, 0.05) is 79.6 Å². The molecule has 3 aliphatic rings. The van der Waals surface area contributed by atoms with Crippen molar-refractivity contribution >= 4 is 37.6 Å². The zero-order chi connectivity index (χ0) is 37.0. The maximum atomic E-state index is 13.1. The van der Waals surface area contributed by atoms with Crippen LogP contribution in [0.3, 0.4) is 0 Å². The summed E-state index contributed by atoms with van der Waals surface area (Å²) in [5.74, 6) is 0.820. The van der Waals surface area contributed by atoms with Crippen molar-refractivity contribution in [2.45, 2.75) is 78.3 Å². The second kappa shape index (κ2) is 13.9. The van der Waals surface area contributed by atoms with Gasteiger partial charge in [-0.3, -0.25) is 9.80 Å². The average Bonchev–Trinajstić information content (AvgIpc) is 3.45. The largest absolute Gasteiger partial charge is 0.393 e. The lowest BCUT2D eigenvalue weighted by Gasteiger charge is -2.54. The van der Waals surface area contributed by atoms with Crippen LogP contribution in [0.1, 0.15) is 56.0 Å². The van der Waals surface area contributed by atoms with E-state index < -0.39 is 22.6 Å². The Kier molecular flexibility index (Phi) is 9.78. The Balaban J connectivity index is 0.982. The summed E-state index contributed by atoms with van der Waals surface area (Å²) in [5.41, 5.74) is 5.14. The van der Waals surface area contributed by atoms with Crippen LogP contribution in [0.4, 0.5) is 19.0 Å². The molecule has 1 spiro atoms. The first-order valence-electron chi connectivity index (χ1n) is 18.2. The number of nitrogens with zero attached hydrogens (tertiary/aromatic N) is 8. The number of piperazine rings is 1. The number of anilines is 1. The number of sulfonamides is 1. The van der Waals surface area contributed by atoms with Crippen LogP contribution in [-0.4, -0.2) is 107 Å². The second-order valence-corrected chi connectivity index (χ2v) is 17.4. The molecule has 5 heterocycles. The number of hydrogen-bond acceptors (Lipinski definition) is 8. The van der Waals surface area contributed by atoms with Crippen molar-refractivity contribution in [3.05, 3.63) is 65.1 Å². The predicted octanol–water partition coefficient (Wildman–Crippen LogP) is 5.72. The number of hydrogen-bond donors (Lipinski definition) is 0. The number of nitriles is 1. The lowest BCUT2D eigenvalue weighted by atomic mass is 9.72. The quantitative estimate of drug-likeness (QED) is 0.215. The third-order valence-corrected chi connectivity index (χ3v) is 13.7. The van der Waals surface area contributed by atoms with E-state index in [0.29, 0.717) is 48.6 Å². The standard InChI is InChI=1S/C38H47F3N8O2S/c1-5-52(50,51)49-15-14-46(20-27(49)3)26(2)21-48-31(19-42)17-32-28(4)30(7-9-35(32)48)22-45-12-10-37(11-13-45)23-47(24-37)36-33-16-29(18-38(39,40)41)6-8-34(33)43-25-44-36/h6-9,16-17,25-27H,5,10-15,18,20-24H2,1-4H3/t26-,27?/m0/s1. The molecule has 0 bridgehead atoms. The normalized spacial score (nSPS) is 21.1.